The molecule has 1 aliphatic rings. The Labute approximate surface area is 157 Å². The molecule has 8 nitrogen and oxygen atoms in total. The third-order valence-corrected chi connectivity index (χ3v) is 4.33. The van der Waals surface area contributed by atoms with Crippen molar-refractivity contribution in [2.75, 3.05) is 35.7 Å². The van der Waals surface area contributed by atoms with Crippen molar-refractivity contribution in [1.29, 1.82) is 0 Å². The summed E-state index contributed by atoms with van der Waals surface area (Å²) in [6, 6.07) is 8.48. The first-order chi connectivity index (χ1) is 13.1. The lowest BCUT2D eigenvalue weighted by molar-refractivity contribution is -0.114. The SMILES string of the molecule is COc1ccc(NC(C)=O)cc1NC(=O)c1ccc(N2CCCCC2)nn1. The zero-order valence-corrected chi connectivity index (χ0v) is 15.5. The molecule has 27 heavy (non-hydrogen) atoms. The number of carbonyl (C=O) groups is 2. The number of aromatic nitrogens is 2. The Kier molecular flexibility index (Phi) is 5.85. The van der Waals surface area contributed by atoms with Gasteiger partial charge in [0, 0.05) is 25.7 Å². The highest BCUT2D eigenvalue weighted by Gasteiger charge is 2.16. The van der Waals surface area contributed by atoms with E-state index < -0.39 is 5.91 Å². The molecule has 0 spiro atoms. The number of nitrogens with one attached hydrogen (secondary N) is 2. The number of methoxy groups -OCH3 is 1. The largest absolute Gasteiger partial charge is 0.495 e. The van der Waals surface area contributed by atoms with Crippen molar-refractivity contribution in [3.63, 3.8) is 0 Å². The molecule has 1 fully saturated rings. The maximum absolute atomic E-state index is 12.5. The van der Waals surface area contributed by atoms with Crippen LogP contribution in [0.1, 0.15) is 36.7 Å². The van der Waals surface area contributed by atoms with E-state index in [-0.39, 0.29) is 11.6 Å². The molecule has 0 bridgehead atoms. The van der Waals surface area contributed by atoms with Crippen LogP contribution in [0.15, 0.2) is 30.3 Å². The molecule has 2 N–H and O–H groups in total. The third kappa shape index (κ3) is 4.72. The van der Waals surface area contributed by atoms with Crippen molar-refractivity contribution < 1.29 is 14.3 Å². The molecule has 0 aliphatic carbocycles. The van der Waals surface area contributed by atoms with E-state index in [9.17, 15) is 9.59 Å². The molecule has 1 aliphatic heterocycles. The van der Waals surface area contributed by atoms with Crippen LogP contribution in [0.4, 0.5) is 17.2 Å². The fourth-order valence-corrected chi connectivity index (χ4v) is 3.01. The van der Waals surface area contributed by atoms with Crippen LogP contribution in [-0.2, 0) is 4.79 Å². The van der Waals surface area contributed by atoms with Gasteiger partial charge in [-0.15, -0.1) is 10.2 Å². The number of nitrogens with zero attached hydrogens (tertiary/aromatic N) is 3. The summed E-state index contributed by atoms with van der Waals surface area (Å²) in [5.41, 5.74) is 1.21. The monoisotopic (exact) mass is 369 g/mol. The minimum Gasteiger partial charge on any atom is -0.495 e. The molecule has 8 heteroatoms. The van der Waals surface area contributed by atoms with Gasteiger partial charge in [-0.05, 0) is 49.6 Å². The van der Waals surface area contributed by atoms with Crippen LogP contribution in [0.3, 0.4) is 0 Å². The van der Waals surface area contributed by atoms with Gasteiger partial charge >= 0.3 is 0 Å². The minimum atomic E-state index is -0.397. The van der Waals surface area contributed by atoms with Crippen LogP contribution >= 0.6 is 0 Å². The number of piperidine rings is 1. The second kappa shape index (κ2) is 8.48. The lowest BCUT2D eigenvalue weighted by Gasteiger charge is -2.27. The van der Waals surface area contributed by atoms with Crippen LogP contribution in [0, 0.1) is 0 Å². The number of hydrogen-bond donors (Lipinski definition) is 2. The zero-order chi connectivity index (χ0) is 19.2. The number of anilines is 3. The van der Waals surface area contributed by atoms with E-state index in [2.05, 4.69) is 25.7 Å². The fraction of sp³-hybridized carbons (Fsp3) is 0.368. The van der Waals surface area contributed by atoms with Gasteiger partial charge in [0.2, 0.25) is 5.91 Å². The Bertz CT molecular complexity index is 817. The second-order valence-corrected chi connectivity index (χ2v) is 6.37. The molecule has 0 atom stereocenters. The highest BCUT2D eigenvalue weighted by Crippen LogP contribution is 2.28. The summed E-state index contributed by atoms with van der Waals surface area (Å²) in [7, 11) is 1.51. The number of benzene rings is 1. The van der Waals surface area contributed by atoms with Crippen molar-refractivity contribution in [1.82, 2.24) is 10.2 Å². The summed E-state index contributed by atoms with van der Waals surface area (Å²) in [5, 5.41) is 13.7. The lowest BCUT2D eigenvalue weighted by atomic mass is 10.1. The van der Waals surface area contributed by atoms with E-state index in [4.69, 9.17) is 4.74 Å². The van der Waals surface area contributed by atoms with Crippen molar-refractivity contribution in [2.24, 2.45) is 0 Å². The van der Waals surface area contributed by atoms with Gasteiger partial charge < -0.3 is 20.3 Å². The van der Waals surface area contributed by atoms with E-state index in [0.29, 0.717) is 17.1 Å². The van der Waals surface area contributed by atoms with Gasteiger partial charge in [-0.2, -0.15) is 0 Å². The molecular weight excluding hydrogens is 346 g/mol. The molecule has 2 heterocycles. The van der Waals surface area contributed by atoms with Gasteiger partial charge in [0.1, 0.15) is 5.75 Å². The quantitative estimate of drug-likeness (QED) is 0.841. The standard InChI is InChI=1S/C19H23N5O3/c1-13(25)20-14-6-8-17(27-2)16(12-14)21-19(26)15-7-9-18(23-22-15)24-10-4-3-5-11-24/h6-9,12H,3-5,10-11H2,1-2H3,(H,20,25)(H,21,26). The van der Waals surface area contributed by atoms with E-state index in [1.165, 1.54) is 20.5 Å². The topological polar surface area (TPSA) is 96.5 Å². The number of amides is 2. The van der Waals surface area contributed by atoms with Gasteiger partial charge in [-0.1, -0.05) is 0 Å². The van der Waals surface area contributed by atoms with Gasteiger partial charge in [-0.3, -0.25) is 9.59 Å². The van der Waals surface area contributed by atoms with Crippen molar-refractivity contribution >= 4 is 29.0 Å². The van der Waals surface area contributed by atoms with Crippen LogP contribution in [0.2, 0.25) is 0 Å². The first-order valence-electron chi connectivity index (χ1n) is 8.92. The summed E-state index contributed by atoms with van der Waals surface area (Å²) in [6.45, 7) is 3.35. The van der Waals surface area contributed by atoms with Crippen molar-refractivity contribution in [3.05, 3.63) is 36.0 Å². The Balaban J connectivity index is 1.73. The molecule has 2 aromatic rings. The van der Waals surface area contributed by atoms with E-state index in [1.54, 1.807) is 24.3 Å². The van der Waals surface area contributed by atoms with Gasteiger partial charge in [0.15, 0.2) is 11.5 Å². The predicted octanol–water partition coefficient (Wildman–Crippen LogP) is 2.69. The maximum Gasteiger partial charge on any atom is 0.276 e. The number of carbonyl (C=O) groups excluding carboxylic acids is 2. The highest BCUT2D eigenvalue weighted by atomic mass is 16.5. The molecule has 2 amide bonds. The Morgan fingerprint density at radius 1 is 1.04 bits per heavy atom. The predicted molar refractivity (Wildman–Crippen MR) is 103 cm³/mol. The summed E-state index contributed by atoms with van der Waals surface area (Å²) in [4.78, 5) is 25.9. The molecule has 0 saturated carbocycles. The maximum atomic E-state index is 12.5. The first-order valence-corrected chi connectivity index (χ1v) is 8.92. The Hall–Kier alpha value is -3.16. The van der Waals surface area contributed by atoms with Crippen molar-refractivity contribution in [3.8, 4) is 5.75 Å². The number of rotatable bonds is 5. The zero-order valence-electron chi connectivity index (χ0n) is 15.5. The number of ether oxygens (including phenoxy) is 1. The Morgan fingerprint density at radius 2 is 1.81 bits per heavy atom. The smallest absolute Gasteiger partial charge is 0.276 e. The molecule has 1 saturated heterocycles. The van der Waals surface area contributed by atoms with E-state index in [1.807, 2.05) is 6.07 Å². The lowest BCUT2D eigenvalue weighted by Crippen LogP contribution is -2.30. The fourth-order valence-electron chi connectivity index (χ4n) is 3.01. The second-order valence-electron chi connectivity index (χ2n) is 6.37. The Morgan fingerprint density at radius 3 is 2.44 bits per heavy atom. The molecule has 142 valence electrons. The van der Waals surface area contributed by atoms with Gasteiger partial charge in [0.05, 0.1) is 12.8 Å². The molecule has 1 aromatic heterocycles. The minimum absolute atomic E-state index is 0.198. The normalized spacial score (nSPS) is 13.8. The van der Waals surface area contributed by atoms with Crippen LogP contribution in [-0.4, -0.2) is 42.2 Å². The van der Waals surface area contributed by atoms with Crippen LogP contribution in [0.25, 0.3) is 0 Å². The first kappa shape index (κ1) is 18.6. The van der Waals surface area contributed by atoms with Crippen molar-refractivity contribution in [2.45, 2.75) is 26.2 Å². The average Bonchev–Trinajstić information content (AvgIpc) is 2.68. The number of hydrogen-bond acceptors (Lipinski definition) is 6. The van der Waals surface area contributed by atoms with Crippen LogP contribution in [0.5, 0.6) is 5.75 Å². The summed E-state index contributed by atoms with van der Waals surface area (Å²) in [5.74, 6) is 0.675. The summed E-state index contributed by atoms with van der Waals surface area (Å²) in [6.07, 6.45) is 3.53. The molecule has 0 unspecified atom stereocenters. The van der Waals surface area contributed by atoms with Gasteiger partial charge in [0.25, 0.3) is 5.91 Å². The molecule has 1 aromatic carbocycles. The third-order valence-electron chi connectivity index (χ3n) is 4.33. The van der Waals surface area contributed by atoms with E-state index in [0.717, 1.165) is 31.7 Å². The van der Waals surface area contributed by atoms with Crippen LogP contribution < -0.4 is 20.3 Å². The van der Waals surface area contributed by atoms with Gasteiger partial charge in [-0.25, -0.2) is 0 Å². The molecular formula is C19H23N5O3. The highest BCUT2D eigenvalue weighted by molar-refractivity contribution is 6.04. The average molecular weight is 369 g/mol. The molecule has 0 radical (unpaired) electrons. The summed E-state index contributed by atoms with van der Waals surface area (Å²) >= 11 is 0. The van der Waals surface area contributed by atoms with E-state index >= 15 is 0 Å². The summed E-state index contributed by atoms with van der Waals surface area (Å²) < 4.78 is 5.27. The molecule has 3 rings (SSSR count).